The number of benzene rings is 2. The molecule has 2 aromatic carbocycles. The van der Waals surface area contributed by atoms with Crippen LogP contribution in [-0.2, 0) is 9.59 Å². The predicted octanol–water partition coefficient (Wildman–Crippen LogP) is 3.80. The van der Waals surface area contributed by atoms with E-state index in [-0.39, 0.29) is 30.3 Å². The molecule has 0 aliphatic carbocycles. The zero-order valence-corrected chi connectivity index (χ0v) is 19.1. The molecular weight excluding hydrogens is 404 g/mol. The molecule has 1 aliphatic rings. The third-order valence-electron chi connectivity index (χ3n) is 5.81. The molecule has 2 aromatic rings. The Labute approximate surface area is 189 Å². The van der Waals surface area contributed by atoms with Gasteiger partial charge in [-0.2, -0.15) is 0 Å². The summed E-state index contributed by atoms with van der Waals surface area (Å²) in [6.07, 6.45) is 1.89. The lowest BCUT2D eigenvalue weighted by atomic mass is 9.83. The molecule has 1 aliphatic heterocycles. The molecule has 3 rings (SSSR count). The van der Waals surface area contributed by atoms with Gasteiger partial charge in [-0.15, -0.1) is 0 Å². The van der Waals surface area contributed by atoms with Crippen LogP contribution in [-0.4, -0.2) is 48.9 Å². The highest BCUT2D eigenvalue weighted by molar-refractivity contribution is 6.01. The number of anilines is 2. The van der Waals surface area contributed by atoms with Crippen LogP contribution in [0.25, 0.3) is 0 Å². The molecule has 4 amide bonds. The Morgan fingerprint density at radius 3 is 2.34 bits per heavy atom. The number of rotatable bonds is 6. The van der Waals surface area contributed by atoms with Crippen molar-refractivity contribution in [3.8, 4) is 0 Å². The second kappa shape index (κ2) is 10.3. The van der Waals surface area contributed by atoms with Gasteiger partial charge in [-0.1, -0.05) is 44.2 Å². The average Bonchev–Trinajstić information content (AvgIpc) is 2.76. The maximum atomic E-state index is 13.0. The van der Waals surface area contributed by atoms with E-state index in [1.165, 1.54) is 4.90 Å². The van der Waals surface area contributed by atoms with Crippen LogP contribution in [0.2, 0.25) is 0 Å². The number of carbonyl (C=O) groups excluding carboxylic acids is 3. The van der Waals surface area contributed by atoms with Crippen LogP contribution in [0.1, 0.15) is 32.3 Å². The Morgan fingerprint density at radius 2 is 1.69 bits per heavy atom. The third-order valence-corrected chi connectivity index (χ3v) is 5.81. The summed E-state index contributed by atoms with van der Waals surface area (Å²) in [5, 5.41) is 5.32. The van der Waals surface area contributed by atoms with Gasteiger partial charge in [0.15, 0.2) is 0 Å². The quantitative estimate of drug-likeness (QED) is 0.723. The number of para-hydroxylation sites is 1. The zero-order valence-electron chi connectivity index (χ0n) is 19.1. The first-order valence-electron chi connectivity index (χ1n) is 11.0. The number of piperidine rings is 1. The SMILES string of the molecule is Cc1cccc(NC(=O)NCC(=O)N(CC(=O)N2CCC(C)(C)CC2)c2ccccc2)c1. The summed E-state index contributed by atoms with van der Waals surface area (Å²) < 4.78 is 0. The number of carbonyl (C=O) groups is 3. The number of urea groups is 1. The topological polar surface area (TPSA) is 81.8 Å². The highest BCUT2D eigenvalue weighted by atomic mass is 16.2. The number of nitrogens with zero attached hydrogens (tertiary/aromatic N) is 2. The van der Waals surface area contributed by atoms with Gasteiger partial charge in [0.2, 0.25) is 11.8 Å². The Bertz CT molecular complexity index is 949. The Balaban J connectivity index is 1.61. The molecular formula is C25H32N4O3. The summed E-state index contributed by atoms with van der Waals surface area (Å²) in [7, 11) is 0. The second-order valence-corrected chi connectivity index (χ2v) is 9.04. The molecule has 1 saturated heterocycles. The first-order chi connectivity index (χ1) is 15.2. The van der Waals surface area contributed by atoms with Crippen molar-refractivity contribution in [3.05, 3.63) is 60.2 Å². The number of hydrogen-bond donors (Lipinski definition) is 2. The van der Waals surface area contributed by atoms with E-state index in [1.54, 1.807) is 18.2 Å². The van der Waals surface area contributed by atoms with Crippen molar-refractivity contribution in [2.24, 2.45) is 5.41 Å². The zero-order chi connectivity index (χ0) is 23.1. The molecule has 0 bridgehead atoms. The lowest BCUT2D eigenvalue weighted by Crippen LogP contribution is -2.49. The number of amides is 4. The fourth-order valence-corrected chi connectivity index (χ4v) is 3.68. The number of aryl methyl sites for hydroxylation is 1. The van der Waals surface area contributed by atoms with E-state index >= 15 is 0 Å². The highest BCUT2D eigenvalue weighted by Crippen LogP contribution is 2.29. The van der Waals surface area contributed by atoms with Crippen molar-refractivity contribution in [3.63, 3.8) is 0 Å². The molecule has 32 heavy (non-hydrogen) atoms. The molecule has 170 valence electrons. The van der Waals surface area contributed by atoms with Crippen LogP contribution in [0.3, 0.4) is 0 Å². The second-order valence-electron chi connectivity index (χ2n) is 9.04. The van der Waals surface area contributed by atoms with Crippen molar-refractivity contribution in [1.82, 2.24) is 10.2 Å². The minimum Gasteiger partial charge on any atom is -0.341 e. The molecule has 0 atom stereocenters. The van der Waals surface area contributed by atoms with E-state index in [2.05, 4.69) is 24.5 Å². The maximum absolute atomic E-state index is 13.0. The van der Waals surface area contributed by atoms with Gasteiger partial charge in [-0.25, -0.2) is 4.79 Å². The van der Waals surface area contributed by atoms with Crippen LogP contribution >= 0.6 is 0 Å². The fraction of sp³-hybridized carbons (Fsp3) is 0.400. The lowest BCUT2D eigenvalue weighted by Gasteiger charge is -2.37. The monoisotopic (exact) mass is 436 g/mol. The van der Waals surface area contributed by atoms with Gasteiger partial charge in [-0.05, 0) is 55.0 Å². The molecule has 7 nitrogen and oxygen atoms in total. The van der Waals surface area contributed by atoms with E-state index in [4.69, 9.17) is 0 Å². The van der Waals surface area contributed by atoms with Crippen LogP contribution in [0.4, 0.5) is 16.2 Å². The summed E-state index contributed by atoms with van der Waals surface area (Å²) in [4.78, 5) is 41.4. The minimum atomic E-state index is -0.471. The van der Waals surface area contributed by atoms with Gasteiger partial charge in [0.1, 0.15) is 6.54 Å². The van der Waals surface area contributed by atoms with Crippen LogP contribution < -0.4 is 15.5 Å². The van der Waals surface area contributed by atoms with E-state index in [0.29, 0.717) is 24.5 Å². The molecule has 1 heterocycles. The molecule has 7 heteroatoms. The molecule has 0 unspecified atom stereocenters. The summed E-state index contributed by atoms with van der Waals surface area (Å²) in [5.74, 6) is -0.428. The molecule has 0 radical (unpaired) electrons. The molecule has 0 saturated carbocycles. The fourth-order valence-electron chi connectivity index (χ4n) is 3.68. The predicted molar refractivity (Wildman–Crippen MR) is 127 cm³/mol. The normalized spacial score (nSPS) is 15.0. The smallest absolute Gasteiger partial charge is 0.319 e. The molecule has 0 spiro atoms. The summed E-state index contributed by atoms with van der Waals surface area (Å²) in [6.45, 7) is 7.48. The average molecular weight is 437 g/mol. The van der Waals surface area contributed by atoms with Gasteiger partial charge in [0, 0.05) is 24.5 Å². The van der Waals surface area contributed by atoms with E-state index < -0.39 is 6.03 Å². The van der Waals surface area contributed by atoms with Crippen molar-refractivity contribution in [1.29, 1.82) is 0 Å². The standard InChI is InChI=1S/C25H32N4O3/c1-19-8-7-9-20(16-19)27-24(32)26-17-22(30)29(21-10-5-4-6-11-21)18-23(31)28-14-12-25(2,3)13-15-28/h4-11,16H,12-15,17-18H2,1-3H3,(H2,26,27,32). The summed E-state index contributed by atoms with van der Waals surface area (Å²) >= 11 is 0. The Kier molecular flexibility index (Phi) is 7.51. The van der Waals surface area contributed by atoms with Crippen LogP contribution in [0, 0.1) is 12.3 Å². The van der Waals surface area contributed by atoms with Gasteiger partial charge >= 0.3 is 6.03 Å². The third kappa shape index (κ3) is 6.57. The van der Waals surface area contributed by atoms with E-state index in [9.17, 15) is 14.4 Å². The van der Waals surface area contributed by atoms with Crippen molar-refractivity contribution >= 4 is 29.2 Å². The number of nitrogens with one attached hydrogen (secondary N) is 2. The number of hydrogen-bond acceptors (Lipinski definition) is 3. The van der Waals surface area contributed by atoms with Gasteiger partial charge in [-0.3, -0.25) is 9.59 Å². The van der Waals surface area contributed by atoms with Crippen molar-refractivity contribution in [2.45, 2.75) is 33.6 Å². The van der Waals surface area contributed by atoms with Gasteiger partial charge in [0.25, 0.3) is 0 Å². The van der Waals surface area contributed by atoms with Crippen LogP contribution in [0.5, 0.6) is 0 Å². The van der Waals surface area contributed by atoms with E-state index in [1.807, 2.05) is 48.2 Å². The number of likely N-dealkylation sites (tertiary alicyclic amines) is 1. The van der Waals surface area contributed by atoms with E-state index in [0.717, 1.165) is 18.4 Å². The Hall–Kier alpha value is -3.35. The highest BCUT2D eigenvalue weighted by Gasteiger charge is 2.29. The largest absolute Gasteiger partial charge is 0.341 e. The van der Waals surface area contributed by atoms with Crippen LogP contribution in [0.15, 0.2) is 54.6 Å². The molecule has 1 fully saturated rings. The van der Waals surface area contributed by atoms with Gasteiger partial charge < -0.3 is 20.4 Å². The van der Waals surface area contributed by atoms with Crippen molar-refractivity contribution in [2.75, 3.05) is 36.4 Å². The summed E-state index contributed by atoms with van der Waals surface area (Å²) in [6, 6.07) is 16.0. The minimum absolute atomic E-state index is 0.0511. The maximum Gasteiger partial charge on any atom is 0.319 e. The van der Waals surface area contributed by atoms with Gasteiger partial charge in [0.05, 0.1) is 6.54 Å². The first-order valence-corrected chi connectivity index (χ1v) is 11.0. The molecule has 0 aromatic heterocycles. The summed E-state index contributed by atoms with van der Waals surface area (Å²) in [5.41, 5.74) is 2.54. The van der Waals surface area contributed by atoms with Crippen molar-refractivity contribution < 1.29 is 14.4 Å². The molecule has 2 N–H and O–H groups in total. The first kappa shape index (κ1) is 23.3. The Morgan fingerprint density at radius 1 is 1.00 bits per heavy atom. The lowest BCUT2D eigenvalue weighted by molar-refractivity contribution is -0.133.